The van der Waals surface area contributed by atoms with E-state index < -0.39 is 26.7 Å². The molecule has 104 valence electrons. The van der Waals surface area contributed by atoms with Crippen molar-refractivity contribution in [2.24, 2.45) is 5.92 Å². The summed E-state index contributed by atoms with van der Waals surface area (Å²) in [6.45, 7) is -0.126. The lowest BCUT2D eigenvalue weighted by molar-refractivity contribution is -0.387. The minimum absolute atomic E-state index is 0.126. The molecule has 0 heterocycles. The molecular formula is C11H14N2O5S. The van der Waals surface area contributed by atoms with E-state index in [0.29, 0.717) is 0 Å². The van der Waals surface area contributed by atoms with Crippen molar-refractivity contribution in [2.75, 3.05) is 6.54 Å². The molecule has 1 fully saturated rings. The Balaban J connectivity index is 2.16. The van der Waals surface area contributed by atoms with Crippen molar-refractivity contribution in [1.29, 1.82) is 0 Å². The number of rotatable bonds is 6. The van der Waals surface area contributed by atoms with Crippen LogP contribution in [0.15, 0.2) is 29.2 Å². The van der Waals surface area contributed by atoms with Gasteiger partial charge < -0.3 is 5.11 Å². The molecule has 1 saturated carbocycles. The Hall–Kier alpha value is -1.51. The zero-order chi connectivity index (χ0) is 14.0. The molecule has 19 heavy (non-hydrogen) atoms. The second-order valence-electron chi connectivity index (χ2n) is 4.48. The second-order valence-corrected chi connectivity index (χ2v) is 6.22. The molecule has 7 nitrogen and oxygen atoms in total. The number of para-hydroxylation sites is 1. The van der Waals surface area contributed by atoms with Gasteiger partial charge in [0.05, 0.1) is 11.0 Å². The number of nitro groups is 1. The monoisotopic (exact) mass is 286 g/mol. The molecule has 0 amide bonds. The molecule has 0 saturated heterocycles. The van der Waals surface area contributed by atoms with Gasteiger partial charge in [-0.05, 0) is 24.8 Å². The van der Waals surface area contributed by atoms with E-state index in [1.165, 1.54) is 18.2 Å². The highest BCUT2D eigenvalue weighted by Crippen LogP contribution is 2.32. The van der Waals surface area contributed by atoms with Crippen LogP contribution >= 0.6 is 0 Å². The fourth-order valence-electron chi connectivity index (χ4n) is 1.76. The number of aliphatic hydroxyl groups is 1. The Morgan fingerprint density at radius 2 is 2.05 bits per heavy atom. The first kappa shape index (κ1) is 13.9. The van der Waals surface area contributed by atoms with E-state index in [1.54, 1.807) is 0 Å². The molecule has 1 aliphatic carbocycles. The number of sulfonamides is 1. The fraction of sp³-hybridized carbons (Fsp3) is 0.455. The normalized spacial score (nSPS) is 17.1. The van der Waals surface area contributed by atoms with Crippen LogP contribution < -0.4 is 4.72 Å². The van der Waals surface area contributed by atoms with Crippen molar-refractivity contribution in [3.63, 3.8) is 0 Å². The summed E-state index contributed by atoms with van der Waals surface area (Å²) in [5.41, 5.74) is -0.476. The maximum Gasteiger partial charge on any atom is 0.289 e. The lowest BCUT2D eigenvalue weighted by Crippen LogP contribution is -2.33. The van der Waals surface area contributed by atoms with Crippen molar-refractivity contribution >= 4 is 15.7 Å². The van der Waals surface area contributed by atoms with Crippen molar-refractivity contribution in [3.05, 3.63) is 34.4 Å². The van der Waals surface area contributed by atoms with Crippen LogP contribution in [-0.2, 0) is 10.0 Å². The van der Waals surface area contributed by atoms with Crippen LogP contribution in [0.5, 0.6) is 0 Å². The quantitative estimate of drug-likeness (QED) is 0.589. The molecule has 1 atom stereocenters. The van der Waals surface area contributed by atoms with Crippen molar-refractivity contribution in [3.8, 4) is 0 Å². The number of aliphatic hydroxyl groups excluding tert-OH is 1. The Kier molecular flexibility index (Phi) is 3.83. The third-order valence-corrected chi connectivity index (χ3v) is 4.47. The number of hydrogen-bond donors (Lipinski definition) is 2. The van der Waals surface area contributed by atoms with Crippen LogP contribution in [0.2, 0.25) is 0 Å². The number of benzene rings is 1. The minimum Gasteiger partial charge on any atom is -0.391 e. The predicted molar refractivity (Wildman–Crippen MR) is 67.0 cm³/mol. The van der Waals surface area contributed by atoms with E-state index in [-0.39, 0.29) is 17.4 Å². The number of nitrogens with zero attached hydrogens (tertiary/aromatic N) is 1. The molecule has 2 N–H and O–H groups in total. The summed E-state index contributed by atoms with van der Waals surface area (Å²) in [5.74, 6) is 0.133. The number of hydrogen-bond acceptors (Lipinski definition) is 5. The molecule has 8 heteroatoms. The van der Waals surface area contributed by atoms with Crippen molar-refractivity contribution in [2.45, 2.75) is 23.8 Å². The number of nitro benzene ring substituents is 1. The lowest BCUT2D eigenvalue weighted by atomic mass is 10.2. The molecule has 2 rings (SSSR count). The van der Waals surface area contributed by atoms with Gasteiger partial charge in [0.2, 0.25) is 10.0 Å². The van der Waals surface area contributed by atoms with Gasteiger partial charge in [-0.15, -0.1) is 0 Å². The van der Waals surface area contributed by atoms with Gasteiger partial charge in [0.1, 0.15) is 0 Å². The summed E-state index contributed by atoms with van der Waals surface area (Å²) in [4.78, 5) is 9.66. The summed E-state index contributed by atoms with van der Waals surface area (Å²) in [5, 5.41) is 20.4. The third kappa shape index (κ3) is 3.28. The maximum absolute atomic E-state index is 12.0. The molecule has 0 aromatic heterocycles. The van der Waals surface area contributed by atoms with Crippen LogP contribution in [0.25, 0.3) is 0 Å². The summed E-state index contributed by atoms with van der Waals surface area (Å²) in [6.07, 6.45) is 1.03. The predicted octanol–water partition coefficient (Wildman–Crippen LogP) is 0.644. The Labute approximate surface area is 110 Å². The molecule has 0 spiro atoms. The van der Waals surface area contributed by atoms with Gasteiger partial charge >= 0.3 is 0 Å². The van der Waals surface area contributed by atoms with Crippen molar-refractivity contribution < 1.29 is 18.4 Å². The molecule has 0 bridgehead atoms. The van der Waals surface area contributed by atoms with Gasteiger partial charge in [-0.1, -0.05) is 12.1 Å². The lowest BCUT2D eigenvalue weighted by Gasteiger charge is -2.11. The molecule has 0 radical (unpaired) electrons. The van der Waals surface area contributed by atoms with Crippen LogP contribution in [0.1, 0.15) is 12.8 Å². The van der Waals surface area contributed by atoms with E-state index in [9.17, 15) is 23.6 Å². The summed E-state index contributed by atoms with van der Waals surface area (Å²) >= 11 is 0. The summed E-state index contributed by atoms with van der Waals surface area (Å²) < 4.78 is 26.2. The van der Waals surface area contributed by atoms with Crippen LogP contribution in [0, 0.1) is 16.0 Å². The first-order chi connectivity index (χ1) is 8.92. The smallest absolute Gasteiger partial charge is 0.289 e. The first-order valence-corrected chi connectivity index (χ1v) is 7.31. The van der Waals surface area contributed by atoms with Gasteiger partial charge in [-0.25, -0.2) is 13.1 Å². The average Bonchev–Trinajstić information content (AvgIpc) is 3.20. The Morgan fingerprint density at radius 1 is 1.42 bits per heavy atom. The van der Waals surface area contributed by atoms with E-state index in [1.807, 2.05) is 0 Å². The summed E-state index contributed by atoms with van der Waals surface area (Å²) in [7, 11) is -3.99. The zero-order valence-electron chi connectivity index (χ0n) is 10.0. The van der Waals surface area contributed by atoms with E-state index >= 15 is 0 Å². The van der Waals surface area contributed by atoms with Gasteiger partial charge in [-0.3, -0.25) is 10.1 Å². The highest BCUT2D eigenvalue weighted by atomic mass is 32.2. The van der Waals surface area contributed by atoms with Crippen LogP contribution in [-0.4, -0.2) is 31.1 Å². The Morgan fingerprint density at radius 3 is 2.63 bits per heavy atom. The fourth-order valence-corrected chi connectivity index (χ4v) is 2.98. The van der Waals surface area contributed by atoms with Gasteiger partial charge in [0, 0.05) is 12.6 Å². The average molecular weight is 286 g/mol. The maximum atomic E-state index is 12.0. The topological polar surface area (TPSA) is 110 Å². The minimum atomic E-state index is -3.99. The highest BCUT2D eigenvalue weighted by molar-refractivity contribution is 7.89. The van der Waals surface area contributed by atoms with E-state index in [4.69, 9.17) is 0 Å². The highest BCUT2D eigenvalue weighted by Gasteiger charge is 2.31. The van der Waals surface area contributed by atoms with Gasteiger partial charge in [0.15, 0.2) is 4.90 Å². The molecule has 1 aromatic carbocycles. The molecule has 1 aliphatic rings. The Bertz CT molecular complexity index is 583. The third-order valence-electron chi connectivity index (χ3n) is 3.00. The van der Waals surface area contributed by atoms with Crippen LogP contribution in [0.3, 0.4) is 0 Å². The number of nitrogens with one attached hydrogen (secondary N) is 1. The SMILES string of the molecule is O=[N+]([O-])c1ccccc1S(=O)(=O)NCC(O)C1CC1. The molecule has 1 aromatic rings. The standard InChI is InChI=1S/C11H14N2O5S/c14-10(8-5-6-8)7-12-19(17,18)11-4-2-1-3-9(11)13(15)16/h1-4,8,10,12,14H,5-7H2. The molecule has 1 unspecified atom stereocenters. The van der Waals surface area contributed by atoms with E-state index in [0.717, 1.165) is 18.9 Å². The first-order valence-electron chi connectivity index (χ1n) is 5.83. The molecular weight excluding hydrogens is 272 g/mol. The largest absolute Gasteiger partial charge is 0.391 e. The van der Waals surface area contributed by atoms with E-state index in [2.05, 4.69) is 4.72 Å². The second kappa shape index (κ2) is 5.24. The zero-order valence-corrected chi connectivity index (χ0v) is 10.8. The van der Waals surface area contributed by atoms with Gasteiger partial charge in [-0.2, -0.15) is 0 Å². The van der Waals surface area contributed by atoms with Crippen LogP contribution in [0.4, 0.5) is 5.69 Å². The summed E-state index contributed by atoms with van der Waals surface area (Å²) in [6, 6.07) is 5.12. The van der Waals surface area contributed by atoms with Crippen molar-refractivity contribution in [1.82, 2.24) is 4.72 Å². The van der Waals surface area contributed by atoms with Gasteiger partial charge in [0.25, 0.3) is 5.69 Å². The molecule has 0 aliphatic heterocycles.